The summed E-state index contributed by atoms with van der Waals surface area (Å²) in [7, 11) is 1.64. The third-order valence-electron chi connectivity index (χ3n) is 10.6. The number of fused-ring (bicyclic) bond motifs is 4. The summed E-state index contributed by atoms with van der Waals surface area (Å²) < 4.78 is 13.8. The largest absolute Gasteiger partial charge is 0.493 e. The van der Waals surface area contributed by atoms with Crippen molar-refractivity contribution in [2.75, 3.05) is 20.3 Å². The van der Waals surface area contributed by atoms with E-state index in [2.05, 4.69) is 62.3 Å². The quantitative estimate of drug-likeness (QED) is 0.108. The molecule has 3 aromatic rings. The van der Waals surface area contributed by atoms with Crippen LogP contribution in [0.3, 0.4) is 0 Å². The van der Waals surface area contributed by atoms with Crippen molar-refractivity contribution in [2.24, 2.45) is 11.8 Å². The number of pyridine rings is 2. The number of methoxy groups -OCH3 is 1. The van der Waals surface area contributed by atoms with E-state index < -0.39 is 6.04 Å². The lowest BCUT2D eigenvalue weighted by molar-refractivity contribution is -0.128. The summed E-state index contributed by atoms with van der Waals surface area (Å²) in [5.41, 5.74) is 9.22. The number of allylic oxidation sites excluding steroid dienone is 2. The van der Waals surface area contributed by atoms with E-state index in [1.54, 1.807) is 14.0 Å². The molecule has 5 rings (SSSR count). The predicted molar refractivity (Wildman–Crippen MR) is 210 cm³/mol. The molecule has 1 aromatic carbocycles. The lowest BCUT2D eigenvalue weighted by Crippen LogP contribution is -2.45. The van der Waals surface area contributed by atoms with E-state index in [-0.39, 0.29) is 35.8 Å². The fourth-order valence-corrected chi connectivity index (χ4v) is 7.16. The van der Waals surface area contributed by atoms with Gasteiger partial charge < -0.3 is 24.7 Å². The zero-order valence-electron chi connectivity index (χ0n) is 32.5. The Labute approximate surface area is 309 Å². The van der Waals surface area contributed by atoms with Gasteiger partial charge in [0.2, 0.25) is 11.8 Å². The average Bonchev–Trinajstić information content (AvgIpc) is 3.44. The van der Waals surface area contributed by atoms with Gasteiger partial charge in [0.25, 0.3) is 5.56 Å². The third-order valence-corrected chi connectivity index (χ3v) is 10.6. The number of aryl methyl sites for hydroxylation is 1. The molecule has 2 amide bonds. The molecule has 2 N–H and O–H groups in total. The second-order valence-corrected chi connectivity index (χ2v) is 15.3. The lowest BCUT2D eigenvalue weighted by Gasteiger charge is -2.22. The van der Waals surface area contributed by atoms with Crippen LogP contribution in [0, 0.1) is 18.8 Å². The van der Waals surface area contributed by atoms with E-state index in [1.807, 2.05) is 25.3 Å². The number of rotatable bonds is 17. The molecule has 3 atom stereocenters. The van der Waals surface area contributed by atoms with Gasteiger partial charge in [-0.25, -0.2) is 4.98 Å². The molecule has 3 heterocycles. The van der Waals surface area contributed by atoms with Crippen LogP contribution in [0.15, 0.2) is 41.2 Å². The number of carbonyl (C=O) groups is 2. The highest BCUT2D eigenvalue weighted by Crippen LogP contribution is 2.42. The molecule has 9 nitrogen and oxygen atoms in total. The topological polar surface area (TPSA) is 112 Å². The molecule has 1 fully saturated rings. The summed E-state index contributed by atoms with van der Waals surface area (Å²) in [5, 5.41) is 6.69. The minimum atomic E-state index is -0.650. The monoisotopic (exact) mass is 710 g/mol. The van der Waals surface area contributed by atoms with Gasteiger partial charge in [-0.1, -0.05) is 59.3 Å². The molecule has 3 unspecified atom stereocenters. The molecule has 2 aromatic heterocycles. The number of hydrogen-bond donors (Lipinski definition) is 2. The summed E-state index contributed by atoms with van der Waals surface area (Å²) in [6.45, 7) is 20.3. The summed E-state index contributed by atoms with van der Waals surface area (Å²) in [6, 6.07) is 5.65. The van der Waals surface area contributed by atoms with Crippen molar-refractivity contribution in [3.63, 3.8) is 0 Å². The van der Waals surface area contributed by atoms with Crippen LogP contribution in [0.4, 0.5) is 0 Å². The Balaban J connectivity index is 1.56. The molecular formula is C43H58N4O5. The van der Waals surface area contributed by atoms with Crippen molar-refractivity contribution in [3.05, 3.63) is 74.6 Å². The molecule has 280 valence electrons. The van der Waals surface area contributed by atoms with Crippen molar-refractivity contribution in [1.82, 2.24) is 20.2 Å². The molecule has 52 heavy (non-hydrogen) atoms. The van der Waals surface area contributed by atoms with E-state index in [1.165, 1.54) is 12.0 Å². The zero-order chi connectivity index (χ0) is 37.7. The van der Waals surface area contributed by atoms with Crippen LogP contribution in [0.5, 0.6) is 5.75 Å². The first kappa shape index (κ1) is 39.0. The summed E-state index contributed by atoms with van der Waals surface area (Å²) in [4.78, 5) is 44.8. The van der Waals surface area contributed by atoms with Crippen LogP contribution in [-0.2, 0) is 27.5 Å². The standard InChI is InChI=1S/C43H58N4O5/c1-10-26(5)23-52-38-21-33-36(18-28(38)7)46-41-34(40(33)27(6)15-16-44-42(49)29(8)45-39(48)17-25(3)4)22-47-37(41)20-32(35(24-51-9)43(47)50)31(11-2)19-30-13-12-14-30/h18-21,25-26,29,31H,6,10-17,22-24H2,1-5,7-9H3,(H,44,49)(H,45,48). The fraction of sp³-hybridized carbons (Fsp3) is 0.535. The normalized spacial score (nSPS) is 15.1. The Morgan fingerprint density at radius 3 is 2.48 bits per heavy atom. The fourth-order valence-electron chi connectivity index (χ4n) is 7.16. The molecule has 0 radical (unpaired) electrons. The number of carbonyl (C=O) groups excluding carboxylic acids is 2. The van der Waals surface area contributed by atoms with Gasteiger partial charge in [-0.15, -0.1) is 0 Å². The van der Waals surface area contributed by atoms with E-state index in [0.717, 1.165) is 81.6 Å². The van der Waals surface area contributed by atoms with E-state index in [4.69, 9.17) is 14.5 Å². The molecule has 1 saturated carbocycles. The number of ether oxygens (including phenoxy) is 2. The predicted octanol–water partition coefficient (Wildman–Crippen LogP) is 7.98. The summed E-state index contributed by atoms with van der Waals surface area (Å²) >= 11 is 0. The Morgan fingerprint density at radius 1 is 1.10 bits per heavy atom. The molecule has 1 aliphatic heterocycles. The van der Waals surface area contributed by atoms with Gasteiger partial charge in [0, 0.05) is 42.5 Å². The van der Waals surface area contributed by atoms with Gasteiger partial charge in [-0.05, 0) is 98.2 Å². The van der Waals surface area contributed by atoms with Crippen LogP contribution in [-0.4, -0.2) is 47.7 Å². The number of nitrogens with one attached hydrogen (secondary N) is 2. The van der Waals surface area contributed by atoms with Gasteiger partial charge >= 0.3 is 0 Å². The first-order chi connectivity index (χ1) is 24.9. The first-order valence-electron chi connectivity index (χ1n) is 19.2. The van der Waals surface area contributed by atoms with Crippen molar-refractivity contribution in [2.45, 2.75) is 119 Å². The maximum absolute atomic E-state index is 14.4. The number of hydrogen-bond acceptors (Lipinski definition) is 6. The van der Waals surface area contributed by atoms with Crippen LogP contribution in [0.1, 0.15) is 120 Å². The Hall–Kier alpha value is -4.24. The highest BCUT2D eigenvalue weighted by Gasteiger charge is 2.31. The summed E-state index contributed by atoms with van der Waals surface area (Å²) in [6.07, 6.45) is 8.57. The SMILES string of the molecule is C=C(CCNC(=O)C(C)NC(=O)CC(C)C)c1c2c(nc3cc(C)c(OCC(C)CC)cc13)-c1cc(C(C=C3CCC3)CC)c(COC)c(=O)n1C2. The van der Waals surface area contributed by atoms with Crippen molar-refractivity contribution in [1.29, 1.82) is 0 Å². The number of amides is 2. The molecule has 2 aliphatic rings. The van der Waals surface area contributed by atoms with Crippen LogP contribution in [0.25, 0.3) is 27.9 Å². The van der Waals surface area contributed by atoms with Gasteiger partial charge in [-0.2, -0.15) is 0 Å². The molecule has 0 spiro atoms. The highest BCUT2D eigenvalue weighted by molar-refractivity contribution is 5.97. The maximum atomic E-state index is 14.4. The van der Waals surface area contributed by atoms with Crippen molar-refractivity contribution < 1.29 is 19.1 Å². The lowest BCUT2D eigenvalue weighted by atomic mass is 9.84. The molecular weight excluding hydrogens is 652 g/mol. The van der Waals surface area contributed by atoms with E-state index >= 15 is 0 Å². The Morgan fingerprint density at radius 2 is 1.85 bits per heavy atom. The zero-order valence-corrected chi connectivity index (χ0v) is 32.5. The highest BCUT2D eigenvalue weighted by atomic mass is 16.5. The Bertz CT molecular complexity index is 1920. The molecule has 0 bridgehead atoms. The second-order valence-electron chi connectivity index (χ2n) is 15.3. The minimum absolute atomic E-state index is 0.0482. The first-order valence-corrected chi connectivity index (χ1v) is 19.2. The molecule has 1 aliphatic carbocycles. The second kappa shape index (κ2) is 17.1. The molecule has 0 saturated heterocycles. The van der Waals surface area contributed by atoms with Crippen LogP contribution in [0.2, 0.25) is 0 Å². The minimum Gasteiger partial charge on any atom is -0.493 e. The van der Waals surface area contributed by atoms with E-state index in [0.29, 0.717) is 44.0 Å². The molecule has 9 heteroatoms. The van der Waals surface area contributed by atoms with E-state index in [9.17, 15) is 14.4 Å². The van der Waals surface area contributed by atoms with Gasteiger partial charge in [0.1, 0.15) is 11.8 Å². The van der Waals surface area contributed by atoms with Gasteiger partial charge in [0.05, 0.1) is 36.7 Å². The van der Waals surface area contributed by atoms with Crippen LogP contribution < -0.4 is 20.9 Å². The Kier molecular flexibility index (Phi) is 12.8. The van der Waals surface area contributed by atoms with Gasteiger partial charge in [-0.3, -0.25) is 14.4 Å². The number of aromatic nitrogens is 2. The number of benzene rings is 1. The number of nitrogens with zero attached hydrogens (tertiary/aromatic N) is 2. The van der Waals surface area contributed by atoms with Crippen molar-refractivity contribution >= 4 is 28.3 Å². The van der Waals surface area contributed by atoms with Gasteiger partial charge in [0.15, 0.2) is 0 Å². The average molecular weight is 711 g/mol. The van der Waals surface area contributed by atoms with Crippen molar-refractivity contribution in [3.8, 4) is 17.1 Å². The smallest absolute Gasteiger partial charge is 0.257 e. The summed E-state index contributed by atoms with van der Waals surface area (Å²) in [5.74, 6) is 1.15. The van der Waals surface area contributed by atoms with Crippen LogP contribution >= 0.6 is 0 Å². The maximum Gasteiger partial charge on any atom is 0.257 e. The third kappa shape index (κ3) is 8.52.